The van der Waals surface area contributed by atoms with Crippen molar-refractivity contribution in [2.24, 2.45) is 0 Å². The fourth-order valence-corrected chi connectivity index (χ4v) is 4.46. The smallest absolute Gasteiger partial charge is 0.251 e. The largest absolute Gasteiger partial charge is 0.490 e. The van der Waals surface area contributed by atoms with Crippen molar-refractivity contribution in [2.45, 2.75) is 50.8 Å². The fourth-order valence-electron chi connectivity index (χ4n) is 2.14. The van der Waals surface area contributed by atoms with Gasteiger partial charge in [0.1, 0.15) is 17.8 Å². The number of carbonyl (C=O) groups is 1. The summed E-state index contributed by atoms with van der Waals surface area (Å²) in [6, 6.07) is 7.61. The maximum absolute atomic E-state index is 12.3. The van der Waals surface area contributed by atoms with Crippen LogP contribution >= 0.6 is 34.2 Å². The molecule has 0 fully saturated rings. The lowest BCUT2D eigenvalue weighted by Gasteiger charge is -2.22. The quantitative estimate of drug-likeness (QED) is 0.152. The van der Waals surface area contributed by atoms with Gasteiger partial charge in [0.05, 0.1) is 19.2 Å². The molecule has 0 aliphatic rings. The first kappa shape index (κ1) is 27.5. The molecule has 2 N–H and O–H groups in total. The van der Waals surface area contributed by atoms with Crippen LogP contribution < -0.4 is 15.4 Å². The Labute approximate surface area is 194 Å². The highest BCUT2D eigenvalue weighted by atomic mass is 33.1. The van der Waals surface area contributed by atoms with Crippen LogP contribution in [0, 0.1) is 0 Å². The highest BCUT2D eigenvalue weighted by molar-refractivity contribution is 8.77. The lowest BCUT2D eigenvalue weighted by atomic mass is 10.2. The van der Waals surface area contributed by atoms with E-state index < -0.39 is 0 Å². The molecule has 1 amide bonds. The molecular weight excluding hydrogens is 440 g/mol. The van der Waals surface area contributed by atoms with Crippen LogP contribution in [0.4, 0.5) is 0 Å². The highest BCUT2D eigenvalue weighted by Gasteiger charge is 2.18. The second-order valence-corrected chi connectivity index (χ2v) is 11.3. The Hall–Kier alpha value is -0.580. The molecule has 30 heavy (non-hydrogen) atoms. The molecule has 0 aliphatic heterocycles. The van der Waals surface area contributed by atoms with E-state index in [1.54, 1.807) is 33.7 Å². The van der Waals surface area contributed by atoms with Crippen LogP contribution in [0.5, 0.6) is 5.75 Å². The van der Waals surface area contributed by atoms with E-state index in [0.29, 0.717) is 49.7 Å². The predicted molar refractivity (Wildman–Crippen MR) is 132 cm³/mol. The Balaban J connectivity index is 2.56. The van der Waals surface area contributed by atoms with Crippen molar-refractivity contribution in [1.82, 2.24) is 10.6 Å². The second-order valence-electron chi connectivity index (χ2n) is 7.83. The van der Waals surface area contributed by atoms with E-state index in [4.69, 9.17) is 14.2 Å². The Bertz CT molecular complexity index is 612. The molecule has 1 aromatic carbocycles. The standard InChI is InChI=1S/C21H36N2O4S3/c1-16(2)22-9-10-23-20(24)17-7-6-8-18(13-17)27-14-19(26-12-11-25-15-28)29-30-21(3,4)5/h6-8,13,16,19,22,28H,9-12,14-15H2,1-5H3,(H,23,24). The monoisotopic (exact) mass is 476 g/mol. The summed E-state index contributed by atoms with van der Waals surface area (Å²) < 4.78 is 17.2. The van der Waals surface area contributed by atoms with E-state index in [1.165, 1.54) is 0 Å². The Morgan fingerprint density at radius 1 is 1.20 bits per heavy atom. The van der Waals surface area contributed by atoms with Crippen LogP contribution in [-0.4, -0.2) is 61.0 Å². The maximum atomic E-state index is 12.3. The maximum Gasteiger partial charge on any atom is 0.251 e. The Morgan fingerprint density at radius 3 is 2.63 bits per heavy atom. The van der Waals surface area contributed by atoms with Crippen LogP contribution in [0.25, 0.3) is 0 Å². The lowest BCUT2D eigenvalue weighted by molar-refractivity contribution is 0.0352. The minimum Gasteiger partial charge on any atom is -0.490 e. The third-order valence-corrected chi connectivity index (χ3v) is 7.17. The minimum absolute atomic E-state index is 0.107. The first-order valence-electron chi connectivity index (χ1n) is 10.1. The molecule has 0 aromatic heterocycles. The van der Waals surface area contributed by atoms with E-state index >= 15 is 0 Å². The number of nitrogens with one attached hydrogen (secondary N) is 2. The van der Waals surface area contributed by atoms with Gasteiger partial charge in [-0.15, -0.1) is 0 Å². The van der Waals surface area contributed by atoms with Crippen LogP contribution in [-0.2, 0) is 9.47 Å². The van der Waals surface area contributed by atoms with E-state index in [-0.39, 0.29) is 16.1 Å². The lowest BCUT2D eigenvalue weighted by Crippen LogP contribution is -2.34. The van der Waals surface area contributed by atoms with Gasteiger partial charge in [-0.2, -0.15) is 12.6 Å². The first-order chi connectivity index (χ1) is 14.2. The normalized spacial score (nSPS) is 12.8. The molecule has 6 nitrogen and oxygen atoms in total. The van der Waals surface area contributed by atoms with E-state index in [0.717, 1.165) is 6.54 Å². The molecule has 1 aromatic rings. The van der Waals surface area contributed by atoms with Gasteiger partial charge in [-0.1, -0.05) is 62.3 Å². The SMILES string of the molecule is CC(C)NCCNC(=O)c1cccc(OCC(OCCOCS)SSC(C)(C)C)c1. The van der Waals surface area contributed by atoms with Crippen molar-refractivity contribution >= 4 is 40.1 Å². The third-order valence-electron chi connectivity index (χ3n) is 3.47. The van der Waals surface area contributed by atoms with Crippen molar-refractivity contribution in [3.63, 3.8) is 0 Å². The molecule has 172 valence electrons. The highest BCUT2D eigenvalue weighted by Crippen LogP contribution is 2.38. The number of hydrogen-bond acceptors (Lipinski definition) is 8. The zero-order chi connectivity index (χ0) is 22.4. The molecule has 1 rings (SSSR count). The minimum atomic E-state index is -0.155. The van der Waals surface area contributed by atoms with Gasteiger partial charge in [0, 0.05) is 29.4 Å². The fraction of sp³-hybridized carbons (Fsp3) is 0.667. The molecule has 9 heteroatoms. The van der Waals surface area contributed by atoms with Crippen molar-refractivity contribution in [3.05, 3.63) is 29.8 Å². The molecular formula is C21H36N2O4S3. The number of amides is 1. The van der Waals surface area contributed by atoms with Gasteiger partial charge in [0.15, 0.2) is 0 Å². The van der Waals surface area contributed by atoms with Crippen molar-refractivity contribution in [1.29, 1.82) is 0 Å². The summed E-state index contributed by atoms with van der Waals surface area (Å²) >= 11 is 4.03. The van der Waals surface area contributed by atoms with Gasteiger partial charge in [0.2, 0.25) is 0 Å². The van der Waals surface area contributed by atoms with Gasteiger partial charge in [0.25, 0.3) is 5.91 Å². The zero-order valence-electron chi connectivity index (χ0n) is 18.6. The predicted octanol–water partition coefficient (Wildman–Crippen LogP) is 4.22. The number of rotatable bonds is 15. The summed E-state index contributed by atoms with van der Waals surface area (Å²) in [6.07, 6.45) is 0. The summed E-state index contributed by atoms with van der Waals surface area (Å²) in [5.74, 6) is 0.904. The summed E-state index contributed by atoms with van der Waals surface area (Å²) in [6.45, 7) is 13.3. The first-order valence-corrected chi connectivity index (χ1v) is 12.9. The van der Waals surface area contributed by atoms with Crippen molar-refractivity contribution in [3.8, 4) is 5.75 Å². The van der Waals surface area contributed by atoms with Gasteiger partial charge >= 0.3 is 0 Å². The van der Waals surface area contributed by atoms with Gasteiger partial charge < -0.3 is 24.8 Å². The summed E-state index contributed by atoms with van der Waals surface area (Å²) in [5.41, 5.74) is 0.422. The van der Waals surface area contributed by atoms with Crippen molar-refractivity contribution in [2.75, 3.05) is 38.8 Å². The number of carbonyl (C=O) groups excluding carboxylic acids is 1. The van der Waals surface area contributed by atoms with E-state index in [9.17, 15) is 4.79 Å². The molecule has 0 bridgehead atoms. The average molecular weight is 477 g/mol. The zero-order valence-corrected chi connectivity index (χ0v) is 21.1. The molecule has 0 heterocycles. The van der Waals surface area contributed by atoms with Crippen molar-refractivity contribution < 1.29 is 19.0 Å². The van der Waals surface area contributed by atoms with Gasteiger partial charge in [-0.3, -0.25) is 4.79 Å². The summed E-state index contributed by atoms with van der Waals surface area (Å²) in [7, 11) is 3.39. The Morgan fingerprint density at radius 2 is 1.97 bits per heavy atom. The third kappa shape index (κ3) is 13.7. The average Bonchev–Trinajstić information content (AvgIpc) is 2.69. The number of thiol groups is 1. The van der Waals surface area contributed by atoms with E-state index in [1.807, 2.05) is 12.1 Å². The molecule has 0 saturated carbocycles. The molecule has 0 saturated heterocycles. The van der Waals surface area contributed by atoms with Crippen LogP contribution in [0.15, 0.2) is 24.3 Å². The topological polar surface area (TPSA) is 68.8 Å². The summed E-state index contributed by atoms with van der Waals surface area (Å²) in [4.78, 5) is 12.3. The molecule has 1 unspecified atom stereocenters. The molecule has 0 radical (unpaired) electrons. The number of benzene rings is 1. The van der Waals surface area contributed by atoms with Gasteiger partial charge in [-0.25, -0.2) is 0 Å². The molecule has 0 aliphatic carbocycles. The van der Waals surface area contributed by atoms with E-state index in [2.05, 4.69) is 57.9 Å². The molecule has 0 spiro atoms. The molecule has 1 atom stereocenters. The Kier molecular flexibility index (Phi) is 14.0. The summed E-state index contributed by atoms with van der Waals surface area (Å²) in [5, 5.41) is 6.19. The second kappa shape index (κ2) is 15.3. The van der Waals surface area contributed by atoms with Gasteiger partial charge in [-0.05, 0) is 18.2 Å². The van der Waals surface area contributed by atoms with Crippen LogP contribution in [0.3, 0.4) is 0 Å². The number of hydrogen-bond donors (Lipinski definition) is 3. The van der Waals surface area contributed by atoms with Crippen LogP contribution in [0.1, 0.15) is 45.0 Å². The van der Waals surface area contributed by atoms with Crippen LogP contribution in [0.2, 0.25) is 0 Å². The number of ether oxygens (including phenoxy) is 3.